The number of unbranched alkanes of at least 4 members (excludes halogenated alkanes) is 1. The molecule has 1 fully saturated rings. The molecule has 1 aliphatic rings. The molecule has 0 radical (unpaired) electrons. The molecule has 0 aliphatic carbocycles. The number of nitrogens with two attached hydrogens (primary N) is 1. The molecule has 3 nitrogen and oxygen atoms in total. The zero-order valence-electron chi connectivity index (χ0n) is 12.0. The SMILES string of the molecule is CCCCC(CC)(CN)N1CCN(CC)CC1. The monoisotopic (exact) mass is 241 g/mol. The van der Waals surface area contributed by atoms with E-state index in [9.17, 15) is 0 Å². The van der Waals surface area contributed by atoms with Crippen LogP contribution in [0.3, 0.4) is 0 Å². The summed E-state index contributed by atoms with van der Waals surface area (Å²) in [6, 6.07) is 0. The van der Waals surface area contributed by atoms with Gasteiger partial charge in [0.15, 0.2) is 0 Å². The fraction of sp³-hybridized carbons (Fsp3) is 1.00. The lowest BCUT2D eigenvalue weighted by Crippen LogP contribution is -2.59. The molecule has 102 valence electrons. The van der Waals surface area contributed by atoms with Crippen LogP contribution in [0, 0.1) is 0 Å². The molecule has 1 saturated heterocycles. The Labute approximate surface area is 107 Å². The van der Waals surface area contributed by atoms with Gasteiger partial charge in [0, 0.05) is 38.3 Å². The van der Waals surface area contributed by atoms with Gasteiger partial charge in [0.2, 0.25) is 0 Å². The molecule has 1 heterocycles. The van der Waals surface area contributed by atoms with Crippen molar-refractivity contribution in [1.82, 2.24) is 9.80 Å². The van der Waals surface area contributed by atoms with Crippen LogP contribution in [0.1, 0.15) is 46.5 Å². The highest BCUT2D eigenvalue weighted by atomic mass is 15.3. The molecule has 0 amide bonds. The number of likely N-dealkylation sites (N-methyl/N-ethyl adjacent to an activating group) is 1. The Bertz CT molecular complexity index is 194. The zero-order valence-corrected chi connectivity index (χ0v) is 12.0. The van der Waals surface area contributed by atoms with Crippen LogP contribution in [0.4, 0.5) is 0 Å². The normalized spacial score (nSPS) is 22.6. The highest BCUT2D eigenvalue weighted by Crippen LogP contribution is 2.26. The van der Waals surface area contributed by atoms with Gasteiger partial charge >= 0.3 is 0 Å². The number of rotatable bonds is 7. The average molecular weight is 241 g/mol. The van der Waals surface area contributed by atoms with E-state index in [-0.39, 0.29) is 5.54 Å². The quantitative estimate of drug-likeness (QED) is 0.739. The zero-order chi connectivity index (χ0) is 12.7. The van der Waals surface area contributed by atoms with Gasteiger partial charge in [0.1, 0.15) is 0 Å². The topological polar surface area (TPSA) is 32.5 Å². The molecule has 0 saturated carbocycles. The first-order chi connectivity index (χ1) is 8.22. The van der Waals surface area contributed by atoms with E-state index >= 15 is 0 Å². The second kappa shape index (κ2) is 7.34. The summed E-state index contributed by atoms with van der Waals surface area (Å²) >= 11 is 0. The van der Waals surface area contributed by atoms with E-state index in [2.05, 4.69) is 30.6 Å². The second-order valence-corrected chi connectivity index (χ2v) is 5.31. The van der Waals surface area contributed by atoms with Crippen molar-refractivity contribution in [2.45, 2.75) is 52.0 Å². The molecule has 1 aliphatic heterocycles. The van der Waals surface area contributed by atoms with Gasteiger partial charge in [-0.2, -0.15) is 0 Å². The van der Waals surface area contributed by atoms with Gasteiger partial charge in [0.25, 0.3) is 0 Å². The highest BCUT2D eigenvalue weighted by molar-refractivity contribution is 4.92. The van der Waals surface area contributed by atoms with E-state index in [4.69, 9.17) is 5.73 Å². The Morgan fingerprint density at radius 1 is 1.06 bits per heavy atom. The molecule has 3 heteroatoms. The summed E-state index contributed by atoms with van der Waals surface area (Å²) in [7, 11) is 0. The van der Waals surface area contributed by atoms with E-state index in [1.54, 1.807) is 0 Å². The number of piperazine rings is 1. The van der Waals surface area contributed by atoms with Crippen molar-refractivity contribution in [2.24, 2.45) is 5.73 Å². The molecular formula is C14H31N3. The van der Waals surface area contributed by atoms with Crippen molar-refractivity contribution in [3.05, 3.63) is 0 Å². The Kier molecular flexibility index (Phi) is 6.45. The first-order valence-electron chi connectivity index (χ1n) is 7.39. The maximum absolute atomic E-state index is 6.10. The van der Waals surface area contributed by atoms with Gasteiger partial charge < -0.3 is 10.6 Å². The summed E-state index contributed by atoms with van der Waals surface area (Å²) in [6.45, 7) is 13.6. The third-order valence-corrected chi connectivity index (χ3v) is 4.52. The fourth-order valence-electron chi connectivity index (χ4n) is 2.98. The fourth-order valence-corrected chi connectivity index (χ4v) is 2.98. The lowest BCUT2D eigenvalue weighted by atomic mass is 9.87. The van der Waals surface area contributed by atoms with E-state index < -0.39 is 0 Å². The van der Waals surface area contributed by atoms with E-state index in [1.165, 1.54) is 58.4 Å². The van der Waals surface area contributed by atoms with Crippen LogP contribution in [0.5, 0.6) is 0 Å². The first-order valence-corrected chi connectivity index (χ1v) is 7.39. The lowest BCUT2D eigenvalue weighted by Gasteiger charge is -2.47. The van der Waals surface area contributed by atoms with Crippen molar-refractivity contribution in [1.29, 1.82) is 0 Å². The van der Waals surface area contributed by atoms with Gasteiger partial charge in [-0.05, 0) is 19.4 Å². The Hall–Kier alpha value is -0.120. The predicted molar refractivity (Wildman–Crippen MR) is 75.3 cm³/mol. The standard InChI is InChI=1S/C14H31N3/c1-4-7-8-14(5-2,13-15)17-11-9-16(6-3)10-12-17/h4-13,15H2,1-3H3. The summed E-state index contributed by atoms with van der Waals surface area (Å²) in [5, 5.41) is 0. The Morgan fingerprint density at radius 2 is 1.71 bits per heavy atom. The number of hydrogen-bond acceptors (Lipinski definition) is 3. The molecular weight excluding hydrogens is 210 g/mol. The minimum atomic E-state index is 0.274. The van der Waals surface area contributed by atoms with Crippen molar-refractivity contribution in [2.75, 3.05) is 39.3 Å². The molecule has 0 aromatic heterocycles. The molecule has 17 heavy (non-hydrogen) atoms. The van der Waals surface area contributed by atoms with Gasteiger partial charge in [0.05, 0.1) is 0 Å². The molecule has 0 bridgehead atoms. The van der Waals surface area contributed by atoms with E-state index in [0.717, 1.165) is 6.54 Å². The van der Waals surface area contributed by atoms with Crippen LogP contribution in [0.25, 0.3) is 0 Å². The summed E-state index contributed by atoms with van der Waals surface area (Å²) in [6.07, 6.45) is 5.04. The lowest BCUT2D eigenvalue weighted by molar-refractivity contribution is 0.0281. The van der Waals surface area contributed by atoms with Gasteiger partial charge in [-0.15, -0.1) is 0 Å². The van der Waals surface area contributed by atoms with E-state index in [0.29, 0.717) is 0 Å². The number of hydrogen-bond donors (Lipinski definition) is 1. The molecule has 1 unspecified atom stereocenters. The molecule has 1 rings (SSSR count). The Balaban J connectivity index is 2.58. The van der Waals surface area contributed by atoms with Crippen molar-refractivity contribution in [3.63, 3.8) is 0 Å². The van der Waals surface area contributed by atoms with Crippen LogP contribution in [-0.4, -0.2) is 54.6 Å². The molecule has 2 N–H and O–H groups in total. The summed E-state index contributed by atoms with van der Waals surface area (Å²) < 4.78 is 0. The maximum atomic E-state index is 6.10. The van der Waals surface area contributed by atoms with E-state index in [1.807, 2.05) is 0 Å². The molecule has 0 spiro atoms. The van der Waals surface area contributed by atoms with Crippen molar-refractivity contribution < 1.29 is 0 Å². The van der Waals surface area contributed by atoms with Crippen molar-refractivity contribution >= 4 is 0 Å². The minimum absolute atomic E-state index is 0.274. The highest BCUT2D eigenvalue weighted by Gasteiger charge is 2.34. The maximum Gasteiger partial charge on any atom is 0.0330 e. The van der Waals surface area contributed by atoms with Crippen LogP contribution >= 0.6 is 0 Å². The summed E-state index contributed by atoms with van der Waals surface area (Å²) in [4.78, 5) is 5.20. The summed E-state index contributed by atoms with van der Waals surface area (Å²) in [5.41, 5.74) is 6.38. The Morgan fingerprint density at radius 3 is 2.12 bits per heavy atom. The van der Waals surface area contributed by atoms with Crippen LogP contribution in [0.15, 0.2) is 0 Å². The molecule has 0 aromatic rings. The third-order valence-electron chi connectivity index (χ3n) is 4.52. The first kappa shape index (κ1) is 14.9. The summed E-state index contributed by atoms with van der Waals surface area (Å²) in [5.74, 6) is 0. The van der Waals surface area contributed by atoms with Crippen LogP contribution in [0.2, 0.25) is 0 Å². The second-order valence-electron chi connectivity index (χ2n) is 5.31. The minimum Gasteiger partial charge on any atom is -0.329 e. The van der Waals surface area contributed by atoms with Crippen molar-refractivity contribution in [3.8, 4) is 0 Å². The largest absolute Gasteiger partial charge is 0.329 e. The van der Waals surface area contributed by atoms with Gasteiger partial charge in [-0.1, -0.05) is 33.6 Å². The molecule has 1 atom stereocenters. The average Bonchev–Trinajstić information content (AvgIpc) is 2.41. The van der Waals surface area contributed by atoms with Gasteiger partial charge in [-0.3, -0.25) is 4.90 Å². The molecule has 0 aromatic carbocycles. The third kappa shape index (κ3) is 3.67. The number of nitrogens with zero attached hydrogens (tertiary/aromatic N) is 2. The predicted octanol–water partition coefficient (Wildman–Crippen LogP) is 1.92. The smallest absolute Gasteiger partial charge is 0.0330 e. The van der Waals surface area contributed by atoms with Gasteiger partial charge in [-0.25, -0.2) is 0 Å². The van der Waals surface area contributed by atoms with Crippen LogP contribution in [-0.2, 0) is 0 Å². The van der Waals surface area contributed by atoms with Crippen LogP contribution < -0.4 is 5.73 Å².